The second kappa shape index (κ2) is 5.66. The molecule has 0 aliphatic heterocycles. The third-order valence-electron chi connectivity index (χ3n) is 3.83. The van der Waals surface area contributed by atoms with Crippen LogP contribution in [0, 0.1) is 0 Å². The average Bonchev–Trinajstić information content (AvgIpc) is 3.02. The zero-order valence-corrected chi connectivity index (χ0v) is 12.6. The summed E-state index contributed by atoms with van der Waals surface area (Å²) in [5.74, 6) is -0.468. The molecule has 4 rings (SSSR count). The van der Waals surface area contributed by atoms with Crippen molar-refractivity contribution >= 4 is 22.4 Å². The smallest absolute Gasteiger partial charge is 0.349 e. The lowest BCUT2D eigenvalue weighted by atomic mass is 10.1. The number of amides is 1. The van der Waals surface area contributed by atoms with Crippen molar-refractivity contribution in [3.8, 4) is 0 Å². The molecule has 3 aromatic heterocycles. The number of carbonyl (C=O) groups excluding carboxylic acids is 1. The molecular formula is C18H13N3O3. The van der Waals surface area contributed by atoms with Crippen molar-refractivity contribution in [2.75, 3.05) is 0 Å². The lowest BCUT2D eigenvalue weighted by Gasteiger charge is -2.04. The highest BCUT2D eigenvalue weighted by Crippen LogP contribution is 2.13. The number of hydrogen-bond donors (Lipinski definition) is 1. The van der Waals surface area contributed by atoms with Crippen LogP contribution in [0.5, 0.6) is 0 Å². The first-order chi connectivity index (χ1) is 11.7. The monoisotopic (exact) mass is 319 g/mol. The van der Waals surface area contributed by atoms with E-state index >= 15 is 0 Å². The molecule has 6 nitrogen and oxygen atoms in total. The normalized spacial score (nSPS) is 11.0. The molecule has 3 heterocycles. The van der Waals surface area contributed by atoms with Crippen LogP contribution in [0.4, 0.5) is 0 Å². The number of aromatic nitrogens is 2. The zero-order chi connectivity index (χ0) is 16.5. The van der Waals surface area contributed by atoms with Crippen LogP contribution in [0.15, 0.2) is 70.1 Å². The van der Waals surface area contributed by atoms with Crippen LogP contribution in [0.1, 0.15) is 15.9 Å². The summed E-state index contributed by atoms with van der Waals surface area (Å²) in [5, 5.41) is 7.67. The van der Waals surface area contributed by atoms with Gasteiger partial charge in [-0.1, -0.05) is 24.3 Å². The van der Waals surface area contributed by atoms with Gasteiger partial charge in [-0.2, -0.15) is 5.10 Å². The molecule has 0 fully saturated rings. The highest BCUT2D eigenvalue weighted by Gasteiger charge is 2.14. The molecule has 6 heteroatoms. The molecule has 118 valence electrons. The Morgan fingerprint density at radius 3 is 2.92 bits per heavy atom. The second-order valence-electron chi connectivity index (χ2n) is 5.37. The number of hydrogen-bond acceptors (Lipinski definition) is 4. The van der Waals surface area contributed by atoms with Crippen LogP contribution in [0.2, 0.25) is 0 Å². The van der Waals surface area contributed by atoms with Crippen molar-refractivity contribution in [3.63, 3.8) is 0 Å². The highest BCUT2D eigenvalue weighted by molar-refractivity contribution is 5.96. The second-order valence-corrected chi connectivity index (χ2v) is 5.37. The van der Waals surface area contributed by atoms with Crippen molar-refractivity contribution in [3.05, 3.63) is 82.5 Å². The summed E-state index contributed by atoms with van der Waals surface area (Å²) < 4.78 is 6.92. The standard InChI is InChI=1S/C18H13N3O3/c22-17(14-9-12-5-1-2-7-16(12)24-18(14)23)19-10-13-11-20-21-8-4-3-6-15(13)21/h1-9,11H,10H2,(H,19,22). The molecule has 24 heavy (non-hydrogen) atoms. The number of para-hydroxylation sites is 1. The molecule has 1 amide bonds. The molecule has 0 spiro atoms. The van der Waals surface area contributed by atoms with Gasteiger partial charge in [0.1, 0.15) is 11.1 Å². The summed E-state index contributed by atoms with van der Waals surface area (Å²) in [6, 6.07) is 14.3. The predicted molar refractivity (Wildman–Crippen MR) is 88.8 cm³/mol. The van der Waals surface area contributed by atoms with Crippen LogP contribution >= 0.6 is 0 Å². The summed E-state index contributed by atoms with van der Waals surface area (Å²) in [4.78, 5) is 24.3. The van der Waals surface area contributed by atoms with Gasteiger partial charge in [-0.05, 0) is 24.3 Å². The fraction of sp³-hybridized carbons (Fsp3) is 0.0556. The largest absolute Gasteiger partial charge is 0.422 e. The van der Waals surface area contributed by atoms with Gasteiger partial charge in [0.25, 0.3) is 5.91 Å². The first-order valence-corrected chi connectivity index (χ1v) is 7.45. The maximum Gasteiger partial charge on any atom is 0.349 e. The van der Waals surface area contributed by atoms with E-state index < -0.39 is 11.5 Å². The van der Waals surface area contributed by atoms with E-state index in [2.05, 4.69) is 10.4 Å². The Labute approximate surface area is 136 Å². The van der Waals surface area contributed by atoms with Gasteiger partial charge in [0.2, 0.25) is 0 Å². The number of fused-ring (bicyclic) bond motifs is 2. The van der Waals surface area contributed by atoms with Crippen LogP contribution < -0.4 is 10.9 Å². The van der Waals surface area contributed by atoms with Gasteiger partial charge in [-0.25, -0.2) is 9.31 Å². The Balaban J connectivity index is 1.60. The maximum atomic E-state index is 12.3. The molecule has 0 radical (unpaired) electrons. The van der Waals surface area contributed by atoms with E-state index in [0.717, 1.165) is 11.1 Å². The quantitative estimate of drug-likeness (QED) is 0.588. The topological polar surface area (TPSA) is 76.6 Å². The van der Waals surface area contributed by atoms with E-state index in [0.29, 0.717) is 11.0 Å². The number of benzene rings is 1. The molecule has 0 aliphatic carbocycles. The van der Waals surface area contributed by atoms with E-state index in [1.54, 1.807) is 35.0 Å². The van der Waals surface area contributed by atoms with Crippen molar-refractivity contribution in [1.29, 1.82) is 0 Å². The summed E-state index contributed by atoms with van der Waals surface area (Å²) in [7, 11) is 0. The number of rotatable bonds is 3. The van der Waals surface area contributed by atoms with Crippen LogP contribution in [0.25, 0.3) is 16.5 Å². The molecule has 0 bridgehead atoms. The lowest BCUT2D eigenvalue weighted by molar-refractivity contribution is 0.0947. The van der Waals surface area contributed by atoms with Crippen molar-refractivity contribution in [1.82, 2.24) is 14.9 Å². The van der Waals surface area contributed by atoms with Gasteiger partial charge < -0.3 is 9.73 Å². The molecule has 0 aliphatic rings. The van der Waals surface area contributed by atoms with Gasteiger partial charge in [0.15, 0.2) is 0 Å². The number of carbonyl (C=O) groups is 1. The van der Waals surface area contributed by atoms with Crippen molar-refractivity contribution in [2.24, 2.45) is 0 Å². The summed E-state index contributed by atoms with van der Waals surface area (Å²) in [6.45, 7) is 0.276. The zero-order valence-electron chi connectivity index (χ0n) is 12.6. The first kappa shape index (κ1) is 14.2. The number of pyridine rings is 1. The minimum Gasteiger partial charge on any atom is -0.422 e. The van der Waals surface area contributed by atoms with E-state index in [4.69, 9.17) is 4.42 Å². The molecule has 0 saturated heterocycles. The fourth-order valence-corrected chi connectivity index (χ4v) is 2.61. The minimum absolute atomic E-state index is 0.00910. The molecule has 0 unspecified atom stereocenters. The average molecular weight is 319 g/mol. The van der Waals surface area contributed by atoms with E-state index in [1.807, 2.05) is 30.5 Å². The van der Waals surface area contributed by atoms with Crippen LogP contribution in [-0.4, -0.2) is 15.5 Å². The van der Waals surface area contributed by atoms with Gasteiger partial charge in [-0.3, -0.25) is 4.79 Å². The highest BCUT2D eigenvalue weighted by atomic mass is 16.4. The van der Waals surface area contributed by atoms with Crippen molar-refractivity contribution in [2.45, 2.75) is 6.54 Å². The van der Waals surface area contributed by atoms with E-state index in [1.165, 1.54) is 0 Å². The summed E-state index contributed by atoms with van der Waals surface area (Å²) >= 11 is 0. The van der Waals surface area contributed by atoms with E-state index in [-0.39, 0.29) is 12.1 Å². The maximum absolute atomic E-state index is 12.3. The Kier molecular flexibility index (Phi) is 3.35. The fourth-order valence-electron chi connectivity index (χ4n) is 2.61. The lowest BCUT2D eigenvalue weighted by Crippen LogP contribution is -2.27. The van der Waals surface area contributed by atoms with Gasteiger partial charge >= 0.3 is 5.63 Å². The summed E-state index contributed by atoms with van der Waals surface area (Å²) in [6.07, 6.45) is 3.52. The van der Waals surface area contributed by atoms with Gasteiger partial charge in [0, 0.05) is 23.7 Å². The van der Waals surface area contributed by atoms with Gasteiger partial charge in [0.05, 0.1) is 11.7 Å². The van der Waals surface area contributed by atoms with Crippen LogP contribution in [-0.2, 0) is 6.54 Å². The molecule has 1 aromatic carbocycles. The minimum atomic E-state index is -0.647. The van der Waals surface area contributed by atoms with Crippen molar-refractivity contribution < 1.29 is 9.21 Å². The number of nitrogens with zero attached hydrogens (tertiary/aromatic N) is 2. The van der Waals surface area contributed by atoms with Crippen LogP contribution in [0.3, 0.4) is 0 Å². The van der Waals surface area contributed by atoms with Gasteiger partial charge in [-0.15, -0.1) is 0 Å². The molecule has 0 atom stereocenters. The molecule has 4 aromatic rings. The Morgan fingerprint density at radius 2 is 2.00 bits per heavy atom. The van der Waals surface area contributed by atoms with E-state index in [9.17, 15) is 9.59 Å². The molecule has 1 N–H and O–H groups in total. The number of nitrogens with one attached hydrogen (secondary N) is 1. The third-order valence-corrected chi connectivity index (χ3v) is 3.83. The summed E-state index contributed by atoms with van der Waals surface area (Å²) in [5.41, 5.74) is 1.58. The Bertz CT molecular complexity index is 1110. The Morgan fingerprint density at radius 1 is 1.17 bits per heavy atom. The molecular weight excluding hydrogens is 306 g/mol. The SMILES string of the molecule is O=C(NCc1cnn2ccccc12)c1cc2ccccc2oc1=O. The first-order valence-electron chi connectivity index (χ1n) is 7.45. The molecule has 0 saturated carbocycles. The third kappa shape index (κ3) is 2.44. The predicted octanol–water partition coefficient (Wildman–Crippen LogP) is 2.37. The Hall–Kier alpha value is -3.41.